The van der Waals surface area contributed by atoms with E-state index in [9.17, 15) is 9.59 Å². The summed E-state index contributed by atoms with van der Waals surface area (Å²) in [5, 5.41) is 0.446. The highest BCUT2D eigenvalue weighted by Gasteiger charge is 2.17. The zero-order valence-corrected chi connectivity index (χ0v) is 15.4. The van der Waals surface area contributed by atoms with Crippen LogP contribution >= 0.6 is 11.6 Å². The highest BCUT2D eigenvalue weighted by atomic mass is 35.5. The zero-order chi connectivity index (χ0) is 18.8. The number of esters is 1. The number of hydrogen-bond donors (Lipinski definition) is 0. The lowest BCUT2D eigenvalue weighted by molar-refractivity contribution is -0.144. The van der Waals surface area contributed by atoms with Crippen LogP contribution in [0.3, 0.4) is 0 Å². The number of benzene rings is 2. The summed E-state index contributed by atoms with van der Waals surface area (Å²) in [4.78, 5) is 25.8. The van der Waals surface area contributed by atoms with E-state index >= 15 is 0 Å². The molecule has 2 aromatic rings. The van der Waals surface area contributed by atoms with Crippen LogP contribution < -0.4 is 4.74 Å². The smallest absolute Gasteiger partial charge is 0.307 e. The van der Waals surface area contributed by atoms with Gasteiger partial charge in [-0.15, -0.1) is 0 Å². The average Bonchev–Trinajstić information content (AvgIpc) is 2.65. The molecular formula is C20H22ClNO4. The molecule has 2 aromatic carbocycles. The Morgan fingerprint density at radius 3 is 2.42 bits per heavy atom. The van der Waals surface area contributed by atoms with E-state index in [4.69, 9.17) is 21.1 Å². The SMILES string of the molecule is CCOC(=O)CCN(Cc1ccccc1)C(=O)COc1ccccc1Cl. The first-order chi connectivity index (χ1) is 12.6. The Labute approximate surface area is 158 Å². The van der Waals surface area contributed by atoms with Gasteiger partial charge in [0, 0.05) is 13.1 Å². The summed E-state index contributed by atoms with van der Waals surface area (Å²) in [6.07, 6.45) is 0.137. The van der Waals surface area contributed by atoms with E-state index in [2.05, 4.69) is 0 Å². The summed E-state index contributed by atoms with van der Waals surface area (Å²) in [5.74, 6) is -0.101. The van der Waals surface area contributed by atoms with Crippen LogP contribution in [0.1, 0.15) is 18.9 Å². The third kappa shape index (κ3) is 6.41. The Balaban J connectivity index is 1.99. The molecule has 0 atom stereocenters. The largest absolute Gasteiger partial charge is 0.482 e. The standard InChI is InChI=1S/C20H22ClNO4/c1-2-25-20(24)12-13-22(14-16-8-4-3-5-9-16)19(23)15-26-18-11-7-6-10-17(18)21/h3-11H,2,12-15H2,1H3. The number of carbonyl (C=O) groups excluding carboxylic acids is 2. The number of rotatable bonds is 9. The molecule has 0 spiro atoms. The number of amides is 1. The van der Waals surface area contributed by atoms with Gasteiger partial charge in [-0.2, -0.15) is 0 Å². The highest BCUT2D eigenvalue weighted by molar-refractivity contribution is 6.32. The number of ether oxygens (including phenoxy) is 2. The Kier molecular flexibility index (Phi) is 7.96. The summed E-state index contributed by atoms with van der Waals surface area (Å²) in [6, 6.07) is 16.6. The first kappa shape index (κ1) is 19.8. The van der Waals surface area contributed by atoms with Crippen LogP contribution in [0.15, 0.2) is 54.6 Å². The summed E-state index contributed by atoms with van der Waals surface area (Å²) >= 11 is 6.04. The molecule has 6 heteroatoms. The Morgan fingerprint density at radius 2 is 1.73 bits per heavy atom. The van der Waals surface area contributed by atoms with Crippen LogP contribution in [-0.4, -0.2) is 36.5 Å². The van der Waals surface area contributed by atoms with E-state index < -0.39 is 0 Å². The molecule has 5 nitrogen and oxygen atoms in total. The Bertz CT molecular complexity index is 721. The number of nitrogens with zero attached hydrogens (tertiary/aromatic N) is 1. The fourth-order valence-corrected chi connectivity index (χ4v) is 2.54. The minimum Gasteiger partial charge on any atom is -0.482 e. The van der Waals surface area contributed by atoms with Gasteiger partial charge in [0.25, 0.3) is 5.91 Å². The molecule has 0 heterocycles. The molecule has 0 aliphatic heterocycles. The Hall–Kier alpha value is -2.53. The minimum absolute atomic E-state index is 0.137. The quantitative estimate of drug-likeness (QED) is 0.627. The molecule has 0 fully saturated rings. The van der Waals surface area contributed by atoms with Gasteiger partial charge in [-0.25, -0.2) is 0 Å². The molecule has 0 aliphatic carbocycles. The lowest BCUT2D eigenvalue weighted by Crippen LogP contribution is -2.36. The number of carbonyl (C=O) groups is 2. The number of para-hydroxylation sites is 1. The molecule has 0 radical (unpaired) electrons. The van der Waals surface area contributed by atoms with Gasteiger partial charge < -0.3 is 14.4 Å². The van der Waals surface area contributed by atoms with Gasteiger partial charge in [0.2, 0.25) is 0 Å². The third-order valence-corrected chi connectivity index (χ3v) is 3.96. The normalized spacial score (nSPS) is 10.2. The van der Waals surface area contributed by atoms with E-state index in [1.807, 2.05) is 30.3 Å². The topological polar surface area (TPSA) is 55.8 Å². The van der Waals surface area contributed by atoms with Crippen molar-refractivity contribution in [1.82, 2.24) is 4.90 Å². The first-order valence-electron chi connectivity index (χ1n) is 8.44. The molecule has 138 valence electrons. The van der Waals surface area contributed by atoms with E-state index in [-0.39, 0.29) is 31.4 Å². The van der Waals surface area contributed by atoms with Crippen molar-refractivity contribution in [3.8, 4) is 5.75 Å². The summed E-state index contributed by atoms with van der Waals surface area (Å²) in [5.41, 5.74) is 0.974. The van der Waals surface area contributed by atoms with Crippen molar-refractivity contribution >= 4 is 23.5 Å². The van der Waals surface area contributed by atoms with Gasteiger partial charge in [-0.1, -0.05) is 54.1 Å². The first-order valence-corrected chi connectivity index (χ1v) is 8.82. The van der Waals surface area contributed by atoms with Crippen LogP contribution in [0, 0.1) is 0 Å². The monoisotopic (exact) mass is 375 g/mol. The number of hydrogen-bond acceptors (Lipinski definition) is 4. The van der Waals surface area contributed by atoms with Crippen molar-refractivity contribution in [1.29, 1.82) is 0 Å². The lowest BCUT2D eigenvalue weighted by Gasteiger charge is -2.23. The van der Waals surface area contributed by atoms with Gasteiger partial charge in [-0.3, -0.25) is 9.59 Å². The molecule has 1 amide bonds. The third-order valence-electron chi connectivity index (χ3n) is 3.65. The second kappa shape index (κ2) is 10.5. The lowest BCUT2D eigenvalue weighted by atomic mass is 10.2. The van der Waals surface area contributed by atoms with Crippen molar-refractivity contribution in [3.63, 3.8) is 0 Å². The molecule has 2 rings (SSSR count). The van der Waals surface area contributed by atoms with Crippen LogP contribution in [0.4, 0.5) is 0 Å². The summed E-state index contributed by atoms with van der Waals surface area (Å²) in [6.45, 7) is 2.58. The van der Waals surface area contributed by atoms with Gasteiger partial charge >= 0.3 is 5.97 Å². The average molecular weight is 376 g/mol. The maximum Gasteiger partial charge on any atom is 0.307 e. The number of halogens is 1. The van der Waals surface area contributed by atoms with Gasteiger partial charge in [-0.05, 0) is 24.6 Å². The van der Waals surface area contributed by atoms with E-state index in [1.54, 1.807) is 36.1 Å². The van der Waals surface area contributed by atoms with E-state index in [0.717, 1.165) is 5.56 Å². The van der Waals surface area contributed by atoms with Crippen LogP contribution in [0.25, 0.3) is 0 Å². The van der Waals surface area contributed by atoms with Crippen LogP contribution in [0.2, 0.25) is 5.02 Å². The molecule has 26 heavy (non-hydrogen) atoms. The molecule has 0 saturated heterocycles. The summed E-state index contributed by atoms with van der Waals surface area (Å²) < 4.78 is 10.5. The maximum absolute atomic E-state index is 12.6. The fraction of sp³-hybridized carbons (Fsp3) is 0.300. The van der Waals surface area contributed by atoms with E-state index in [1.165, 1.54) is 0 Å². The molecule has 0 aliphatic rings. The maximum atomic E-state index is 12.6. The predicted octanol–water partition coefficient (Wildman–Crippen LogP) is 3.70. The van der Waals surface area contributed by atoms with E-state index in [0.29, 0.717) is 23.9 Å². The second-order valence-electron chi connectivity index (χ2n) is 5.58. The van der Waals surface area contributed by atoms with Crippen molar-refractivity contribution in [3.05, 3.63) is 65.2 Å². The molecule has 0 N–H and O–H groups in total. The predicted molar refractivity (Wildman–Crippen MR) is 100 cm³/mol. The molecule has 0 unspecified atom stereocenters. The molecule has 0 aromatic heterocycles. The van der Waals surface area contributed by atoms with Crippen molar-refractivity contribution in [2.75, 3.05) is 19.8 Å². The van der Waals surface area contributed by atoms with Crippen molar-refractivity contribution in [2.45, 2.75) is 19.9 Å². The van der Waals surface area contributed by atoms with Crippen LogP contribution in [0.5, 0.6) is 5.75 Å². The van der Waals surface area contributed by atoms with Crippen molar-refractivity contribution < 1.29 is 19.1 Å². The van der Waals surface area contributed by atoms with Crippen LogP contribution in [-0.2, 0) is 20.9 Å². The Morgan fingerprint density at radius 1 is 1.04 bits per heavy atom. The van der Waals surface area contributed by atoms with Gasteiger partial charge in [0.1, 0.15) is 5.75 Å². The highest BCUT2D eigenvalue weighted by Crippen LogP contribution is 2.23. The minimum atomic E-state index is -0.328. The van der Waals surface area contributed by atoms with Crippen molar-refractivity contribution in [2.24, 2.45) is 0 Å². The molecule has 0 saturated carbocycles. The molecule has 0 bridgehead atoms. The summed E-state index contributed by atoms with van der Waals surface area (Å²) in [7, 11) is 0. The zero-order valence-electron chi connectivity index (χ0n) is 14.7. The van der Waals surface area contributed by atoms with Gasteiger partial charge in [0.05, 0.1) is 18.1 Å². The molecular weight excluding hydrogens is 354 g/mol. The fourth-order valence-electron chi connectivity index (χ4n) is 2.35. The van der Waals surface area contributed by atoms with Gasteiger partial charge in [0.15, 0.2) is 6.61 Å². The second-order valence-corrected chi connectivity index (χ2v) is 5.98.